The molecule has 3 heteroatoms. The second kappa shape index (κ2) is 1.79. The monoisotopic (exact) mass is 118 g/mol. The molecule has 1 N–H and O–H groups in total. The highest BCUT2D eigenvalue weighted by Crippen LogP contribution is 2.45. The van der Waals surface area contributed by atoms with Crippen molar-refractivity contribution in [1.82, 2.24) is 0 Å². The van der Waals surface area contributed by atoms with Gasteiger partial charge in [-0.25, -0.2) is 4.79 Å². The molecule has 0 aromatic rings. The summed E-state index contributed by atoms with van der Waals surface area (Å²) in [7, 11) is -0.540. The molecule has 0 unspecified atom stereocenters. The van der Waals surface area contributed by atoms with Crippen molar-refractivity contribution >= 4 is 13.6 Å². The van der Waals surface area contributed by atoms with Crippen LogP contribution in [0.5, 0.6) is 0 Å². The van der Waals surface area contributed by atoms with E-state index in [1.165, 1.54) is 0 Å². The molecule has 1 saturated heterocycles. The Morgan fingerprint density at radius 2 is 2.14 bits per heavy atom. The number of hydrogen-bond acceptors (Lipinski definition) is 1. The number of carboxylic acid groups (broad SMARTS) is 1. The fourth-order valence-electron chi connectivity index (χ4n) is 0.508. The molecule has 1 rings (SSSR count). The minimum atomic E-state index is -0.554. The number of hydrogen-bond donors (Lipinski definition) is 1. The van der Waals surface area contributed by atoms with E-state index in [-0.39, 0.29) is 0 Å². The summed E-state index contributed by atoms with van der Waals surface area (Å²) in [6, 6.07) is 0. The van der Waals surface area contributed by atoms with Crippen LogP contribution in [-0.4, -0.2) is 23.1 Å². The van der Waals surface area contributed by atoms with Crippen LogP contribution in [0.4, 0.5) is 4.79 Å². The van der Waals surface area contributed by atoms with Crippen LogP contribution >= 0.6 is 7.92 Å². The lowest BCUT2D eigenvalue weighted by molar-refractivity contribution is 0.220. The quantitative estimate of drug-likeness (QED) is 0.530. The molecule has 0 aliphatic carbocycles. The van der Waals surface area contributed by atoms with Gasteiger partial charge < -0.3 is 5.11 Å². The number of carbonyl (C=O) groups is 1. The molecular formula is C4H7O2P. The fourth-order valence-corrected chi connectivity index (χ4v) is 1.52. The standard InChI is InChI=1S/C4H7O2P/c5-4(6)7-2-1-3-7/h1-3H2,(H,5,6). The van der Waals surface area contributed by atoms with E-state index in [0.29, 0.717) is 0 Å². The van der Waals surface area contributed by atoms with E-state index in [0.717, 1.165) is 18.7 Å². The second-order valence-electron chi connectivity index (χ2n) is 1.62. The summed E-state index contributed by atoms with van der Waals surface area (Å²) < 4.78 is 0. The van der Waals surface area contributed by atoms with E-state index in [9.17, 15) is 4.79 Å². The Morgan fingerprint density at radius 1 is 1.57 bits per heavy atom. The first-order chi connectivity index (χ1) is 3.30. The Morgan fingerprint density at radius 3 is 2.14 bits per heavy atom. The first-order valence-corrected chi connectivity index (χ1v) is 4.00. The van der Waals surface area contributed by atoms with Crippen molar-refractivity contribution in [2.75, 3.05) is 12.3 Å². The minimum absolute atomic E-state index is 0.540. The maximum absolute atomic E-state index is 10.0. The molecule has 1 aliphatic rings. The summed E-state index contributed by atoms with van der Waals surface area (Å²) in [6.07, 6.45) is 3.06. The van der Waals surface area contributed by atoms with Crippen molar-refractivity contribution in [2.45, 2.75) is 6.42 Å². The van der Waals surface area contributed by atoms with Crippen LogP contribution < -0.4 is 0 Å². The third-order valence-electron chi connectivity index (χ3n) is 1.13. The summed E-state index contributed by atoms with van der Waals surface area (Å²) in [6.45, 7) is 0. The molecule has 0 aromatic heterocycles. The highest BCUT2D eigenvalue weighted by atomic mass is 31.1. The van der Waals surface area contributed by atoms with Gasteiger partial charge in [0.1, 0.15) is 0 Å². The van der Waals surface area contributed by atoms with Crippen LogP contribution in [0.15, 0.2) is 0 Å². The average Bonchev–Trinajstić information content (AvgIpc) is 1.23. The SMILES string of the molecule is O=C(O)P1CCC1. The fraction of sp³-hybridized carbons (Fsp3) is 0.750. The van der Waals surface area contributed by atoms with E-state index >= 15 is 0 Å². The van der Waals surface area contributed by atoms with Gasteiger partial charge in [-0.15, -0.1) is 0 Å². The lowest BCUT2D eigenvalue weighted by atomic mass is 10.5. The van der Waals surface area contributed by atoms with E-state index < -0.39 is 13.6 Å². The number of rotatable bonds is 1. The van der Waals surface area contributed by atoms with Crippen LogP contribution in [-0.2, 0) is 0 Å². The van der Waals surface area contributed by atoms with E-state index in [4.69, 9.17) is 5.11 Å². The van der Waals surface area contributed by atoms with E-state index in [1.54, 1.807) is 0 Å². The van der Waals surface area contributed by atoms with Crippen molar-refractivity contribution in [1.29, 1.82) is 0 Å². The lowest BCUT2D eigenvalue weighted by Crippen LogP contribution is -2.09. The first-order valence-electron chi connectivity index (χ1n) is 2.28. The van der Waals surface area contributed by atoms with Gasteiger partial charge in [0.25, 0.3) is 0 Å². The molecule has 0 aromatic carbocycles. The predicted octanol–water partition coefficient (Wildman–Crippen LogP) is 1.55. The molecule has 0 amide bonds. The third kappa shape index (κ3) is 0.916. The maximum atomic E-state index is 10.0. The maximum Gasteiger partial charge on any atom is 0.323 e. The minimum Gasteiger partial charge on any atom is -0.478 e. The summed E-state index contributed by atoms with van der Waals surface area (Å²) in [5, 5.41) is 8.26. The largest absolute Gasteiger partial charge is 0.478 e. The Labute approximate surface area is 43.3 Å². The molecule has 0 saturated carbocycles. The second-order valence-corrected chi connectivity index (χ2v) is 3.98. The summed E-state index contributed by atoms with van der Waals surface area (Å²) in [5.74, 6) is 0. The topological polar surface area (TPSA) is 37.3 Å². The Hall–Kier alpha value is -0.100. The smallest absolute Gasteiger partial charge is 0.323 e. The zero-order chi connectivity index (χ0) is 5.28. The molecule has 1 heterocycles. The summed E-state index contributed by atoms with van der Waals surface area (Å²) in [5.41, 5.74) is -0.554. The van der Waals surface area contributed by atoms with Gasteiger partial charge in [0, 0.05) is 7.92 Å². The van der Waals surface area contributed by atoms with Crippen molar-refractivity contribution in [3.05, 3.63) is 0 Å². The summed E-state index contributed by atoms with van der Waals surface area (Å²) in [4.78, 5) is 10.0. The highest BCUT2D eigenvalue weighted by molar-refractivity contribution is 7.75. The van der Waals surface area contributed by atoms with Crippen molar-refractivity contribution in [3.63, 3.8) is 0 Å². The molecule has 40 valence electrons. The molecule has 0 spiro atoms. The summed E-state index contributed by atoms with van der Waals surface area (Å²) >= 11 is 0. The Balaban J connectivity index is 2.27. The van der Waals surface area contributed by atoms with Gasteiger partial charge in [-0.2, -0.15) is 0 Å². The van der Waals surface area contributed by atoms with E-state index in [1.807, 2.05) is 0 Å². The third-order valence-corrected chi connectivity index (χ3v) is 3.38. The van der Waals surface area contributed by atoms with Crippen LogP contribution in [0.25, 0.3) is 0 Å². The van der Waals surface area contributed by atoms with Crippen LogP contribution in [0.1, 0.15) is 6.42 Å². The van der Waals surface area contributed by atoms with Gasteiger partial charge in [0.05, 0.1) is 0 Å². The van der Waals surface area contributed by atoms with Gasteiger partial charge in [0.2, 0.25) is 0 Å². The Bertz CT molecular complexity index is 87.7. The molecule has 0 atom stereocenters. The first kappa shape index (κ1) is 5.04. The van der Waals surface area contributed by atoms with Gasteiger partial charge in [-0.05, 0) is 18.7 Å². The molecule has 2 nitrogen and oxygen atoms in total. The van der Waals surface area contributed by atoms with Crippen molar-refractivity contribution in [2.24, 2.45) is 0 Å². The van der Waals surface area contributed by atoms with Crippen LogP contribution in [0, 0.1) is 0 Å². The molecule has 7 heavy (non-hydrogen) atoms. The van der Waals surface area contributed by atoms with Crippen LogP contribution in [0.2, 0.25) is 0 Å². The Kier molecular flexibility index (Phi) is 1.29. The van der Waals surface area contributed by atoms with Gasteiger partial charge in [0.15, 0.2) is 0 Å². The van der Waals surface area contributed by atoms with Gasteiger partial charge >= 0.3 is 5.71 Å². The van der Waals surface area contributed by atoms with Gasteiger partial charge in [-0.3, -0.25) is 0 Å². The highest BCUT2D eigenvalue weighted by Gasteiger charge is 2.23. The zero-order valence-corrected chi connectivity index (χ0v) is 4.82. The van der Waals surface area contributed by atoms with Gasteiger partial charge in [-0.1, -0.05) is 0 Å². The van der Waals surface area contributed by atoms with Crippen LogP contribution in [0.3, 0.4) is 0 Å². The lowest BCUT2D eigenvalue weighted by Gasteiger charge is -2.19. The zero-order valence-electron chi connectivity index (χ0n) is 3.92. The average molecular weight is 118 g/mol. The molecule has 0 bridgehead atoms. The van der Waals surface area contributed by atoms with Crippen molar-refractivity contribution < 1.29 is 9.90 Å². The van der Waals surface area contributed by atoms with Crippen molar-refractivity contribution in [3.8, 4) is 0 Å². The molecular weight excluding hydrogens is 111 g/mol. The normalized spacial score (nSPS) is 21.1. The van der Waals surface area contributed by atoms with E-state index in [2.05, 4.69) is 0 Å². The molecule has 1 aliphatic heterocycles. The molecule has 0 radical (unpaired) electrons. The molecule has 1 fully saturated rings. The predicted molar refractivity (Wildman–Crippen MR) is 29.3 cm³/mol.